The summed E-state index contributed by atoms with van der Waals surface area (Å²) in [6.45, 7) is 2.16. The molecule has 124 valence electrons. The molecule has 23 heavy (non-hydrogen) atoms. The Kier molecular flexibility index (Phi) is 5.96. The lowest BCUT2D eigenvalue weighted by Crippen LogP contribution is -2.25. The van der Waals surface area contributed by atoms with Crippen molar-refractivity contribution in [3.05, 3.63) is 59.4 Å². The molecule has 0 aliphatic carbocycles. The Hall–Kier alpha value is -2.11. The zero-order valence-electron chi connectivity index (χ0n) is 13.5. The van der Waals surface area contributed by atoms with Crippen LogP contribution in [0, 0.1) is 5.82 Å². The molecular formula is C18H22FNO3. The van der Waals surface area contributed by atoms with Gasteiger partial charge in [0.1, 0.15) is 17.3 Å². The summed E-state index contributed by atoms with van der Waals surface area (Å²) in [6, 6.07) is 11.8. The second kappa shape index (κ2) is 7.94. The second-order valence-corrected chi connectivity index (χ2v) is 5.31. The van der Waals surface area contributed by atoms with Crippen LogP contribution >= 0.6 is 0 Å². The molecule has 2 aromatic rings. The summed E-state index contributed by atoms with van der Waals surface area (Å²) in [5.41, 5.74) is 1.28. The predicted molar refractivity (Wildman–Crippen MR) is 87.3 cm³/mol. The maximum atomic E-state index is 14.0. The van der Waals surface area contributed by atoms with Gasteiger partial charge in [0.05, 0.1) is 20.3 Å². The van der Waals surface area contributed by atoms with E-state index in [0.29, 0.717) is 23.6 Å². The maximum Gasteiger partial charge on any atom is 0.131 e. The number of methoxy groups -OCH3 is 2. The standard InChI is InChI=1S/C18H22FNO3/c1-12(16-8-7-15(23-3)10-17(16)19)20-11-18(21)13-5-4-6-14(9-13)22-2/h4-10,12,18,20-21H,11H2,1-3H3. The van der Waals surface area contributed by atoms with Crippen molar-refractivity contribution in [1.82, 2.24) is 5.32 Å². The first-order valence-corrected chi connectivity index (χ1v) is 7.44. The maximum absolute atomic E-state index is 14.0. The number of benzene rings is 2. The van der Waals surface area contributed by atoms with E-state index in [9.17, 15) is 9.50 Å². The highest BCUT2D eigenvalue weighted by molar-refractivity contribution is 5.31. The van der Waals surface area contributed by atoms with Gasteiger partial charge in [0.15, 0.2) is 0 Å². The van der Waals surface area contributed by atoms with Gasteiger partial charge in [0.2, 0.25) is 0 Å². The number of aliphatic hydroxyl groups excluding tert-OH is 1. The van der Waals surface area contributed by atoms with Crippen molar-refractivity contribution in [1.29, 1.82) is 0 Å². The van der Waals surface area contributed by atoms with E-state index in [2.05, 4.69) is 5.32 Å². The highest BCUT2D eigenvalue weighted by Gasteiger charge is 2.14. The lowest BCUT2D eigenvalue weighted by Gasteiger charge is -2.19. The van der Waals surface area contributed by atoms with Crippen molar-refractivity contribution >= 4 is 0 Å². The Bertz CT molecular complexity index is 648. The Balaban J connectivity index is 1.99. The predicted octanol–water partition coefficient (Wildman–Crippen LogP) is 3.23. The first kappa shape index (κ1) is 17.2. The van der Waals surface area contributed by atoms with Crippen molar-refractivity contribution in [3.63, 3.8) is 0 Å². The quantitative estimate of drug-likeness (QED) is 0.823. The fourth-order valence-corrected chi connectivity index (χ4v) is 2.35. The van der Waals surface area contributed by atoms with Gasteiger partial charge in [-0.1, -0.05) is 18.2 Å². The van der Waals surface area contributed by atoms with Crippen molar-refractivity contribution in [3.8, 4) is 11.5 Å². The molecule has 0 aliphatic rings. The third-order valence-electron chi connectivity index (χ3n) is 3.77. The molecule has 4 nitrogen and oxygen atoms in total. The van der Waals surface area contributed by atoms with E-state index < -0.39 is 6.10 Å². The fourth-order valence-electron chi connectivity index (χ4n) is 2.35. The molecule has 0 amide bonds. The van der Waals surface area contributed by atoms with Crippen LogP contribution in [-0.4, -0.2) is 25.9 Å². The molecular weight excluding hydrogens is 297 g/mol. The van der Waals surface area contributed by atoms with E-state index in [-0.39, 0.29) is 11.9 Å². The Morgan fingerprint density at radius 3 is 2.43 bits per heavy atom. The first-order valence-electron chi connectivity index (χ1n) is 7.44. The molecule has 0 aromatic heterocycles. The van der Waals surface area contributed by atoms with E-state index >= 15 is 0 Å². The number of ether oxygens (including phenoxy) is 2. The average molecular weight is 319 g/mol. The van der Waals surface area contributed by atoms with E-state index in [4.69, 9.17) is 9.47 Å². The third kappa shape index (κ3) is 4.43. The van der Waals surface area contributed by atoms with E-state index in [1.807, 2.05) is 25.1 Å². The Morgan fingerprint density at radius 2 is 1.78 bits per heavy atom. The van der Waals surface area contributed by atoms with Crippen LogP contribution in [0.25, 0.3) is 0 Å². The summed E-state index contributed by atoms with van der Waals surface area (Å²) in [5, 5.41) is 13.4. The molecule has 0 fully saturated rings. The summed E-state index contributed by atoms with van der Waals surface area (Å²) in [6.07, 6.45) is -0.700. The van der Waals surface area contributed by atoms with Gasteiger partial charge in [-0.05, 0) is 30.7 Å². The summed E-state index contributed by atoms with van der Waals surface area (Å²) in [5.74, 6) is 0.839. The van der Waals surface area contributed by atoms with Gasteiger partial charge in [0.25, 0.3) is 0 Å². The number of rotatable bonds is 7. The fraction of sp³-hybridized carbons (Fsp3) is 0.333. The average Bonchev–Trinajstić information content (AvgIpc) is 2.59. The van der Waals surface area contributed by atoms with E-state index in [1.54, 1.807) is 25.3 Å². The number of aliphatic hydroxyl groups is 1. The summed E-state index contributed by atoms with van der Waals surface area (Å²) >= 11 is 0. The van der Waals surface area contributed by atoms with Crippen molar-refractivity contribution in [2.24, 2.45) is 0 Å². The van der Waals surface area contributed by atoms with Crippen LogP contribution in [0.4, 0.5) is 4.39 Å². The second-order valence-electron chi connectivity index (χ2n) is 5.31. The lowest BCUT2D eigenvalue weighted by atomic mass is 10.1. The molecule has 0 spiro atoms. The number of hydrogen-bond donors (Lipinski definition) is 2. The third-order valence-corrected chi connectivity index (χ3v) is 3.77. The van der Waals surface area contributed by atoms with Crippen LogP contribution in [0.5, 0.6) is 11.5 Å². The minimum atomic E-state index is -0.700. The van der Waals surface area contributed by atoms with Crippen molar-refractivity contribution in [2.75, 3.05) is 20.8 Å². The smallest absolute Gasteiger partial charge is 0.131 e. The molecule has 2 unspecified atom stereocenters. The topological polar surface area (TPSA) is 50.7 Å². The molecule has 0 heterocycles. The van der Waals surface area contributed by atoms with Gasteiger partial charge < -0.3 is 19.9 Å². The monoisotopic (exact) mass is 319 g/mol. The van der Waals surface area contributed by atoms with Crippen LogP contribution < -0.4 is 14.8 Å². The number of nitrogens with one attached hydrogen (secondary N) is 1. The summed E-state index contributed by atoms with van der Waals surface area (Å²) in [4.78, 5) is 0. The zero-order chi connectivity index (χ0) is 16.8. The SMILES string of the molecule is COc1cccc(C(O)CNC(C)c2ccc(OC)cc2F)c1. The van der Waals surface area contributed by atoms with Crippen molar-refractivity contribution in [2.45, 2.75) is 19.1 Å². The number of halogens is 1. The molecule has 0 saturated carbocycles. The minimum Gasteiger partial charge on any atom is -0.497 e. The van der Waals surface area contributed by atoms with Crippen LogP contribution in [0.3, 0.4) is 0 Å². The molecule has 2 aromatic carbocycles. The highest BCUT2D eigenvalue weighted by atomic mass is 19.1. The molecule has 0 radical (unpaired) electrons. The van der Waals surface area contributed by atoms with Gasteiger partial charge in [-0.15, -0.1) is 0 Å². The van der Waals surface area contributed by atoms with E-state index in [0.717, 1.165) is 5.56 Å². The molecule has 0 saturated heterocycles. The van der Waals surface area contributed by atoms with Gasteiger partial charge in [-0.2, -0.15) is 0 Å². The van der Waals surface area contributed by atoms with Crippen LogP contribution in [0.15, 0.2) is 42.5 Å². The Morgan fingerprint density at radius 1 is 1.09 bits per heavy atom. The summed E-state index contributed by atoms with van der Waals surface area (Å²) in [7, 11) is 3.08. The van der Waals surface area contributed by atoms with Gasteiger partial charge in [-0.3, -0.25) is 0 Å². The highest BCUT2D eigenvalue weighted by Crippen LogP contribution is 2.23. The molecule has 5 heteroatoms. The summed E-state index contributed by atoms with van der Waals surface area (Å²) < 4.78 is 24.2. The normalized spacial score (nSPS) is 13.4. The van der Waals surface area contributed by atoms with Gasteiger partial charge in [0, 0.05) is 24.2 Å². The molecule has 2 N–H and O–H groups in total. The zero-order valence-corrected chi connectivity index (χ0v) is 13.5. The lowest BCUT2D eigenvalue weighted by molar-refractivity contribution is 0.170. The van der Waals surface area contributed by atoms with E-state index in [1.165, 1.54) is 13.2 Å². The molecule has 2 atom stereocenters. The molecule has 0 bridgehead atoms. The van der Waals surface area contributed by atoms with Crippen LogP contribution in [0.2, 0.25) is 0 Å². The van der Waals surface area contributed by atoms with Gasteiger partial charge in [-0.25, -0.2) is 4.39 Å². The molecule has 2 rings (SSSR count). The van der Waals surface area contributed by atoms with Crippen molar-refractivity contribution < 1.29 is 19.0 Å². The van der Waals surface area contributed by atoms with Gasteiger partial charge >= 0.3 is 0 Å². The van der Waals surface area contributed by atoms with Crippen LogP contribution in [0.1, 0.15) is 30.2 Å². The largest absolute Gasteiger partial charge is 0.497 e. The molecule has 0 aliphatic heterocycles. The Labute approximate surface area is 135 Å². The number of hydrogen-bond acceptors (Lipinski definition) is 4. The van der Waals surface area contributed by atoms with Crippen LogP contribution in [-0.2, 0) is 0 Å². The minimum absolute atomic E-state index is 0.235. The first-order chi connectivity index (χ1) is 11.0.